The fraction of sp³-hybridized carbons (Fsp3) is 0.382. The van der Waals surface area contributed by atoms with Gasteiger partial charge in [-0.25, -0.2) is 14.2 Å². The molecular weight excluding hydrogens is 530 g/mol. The van der Waals surface area contributed by atoms with Gasteiger partial charge in [-0.3, -0.25) is 9.36 Å². The number of aliphatic carboxylic acids is 1. The summed E-state index contributed by atoms with van der Waals surface area (Å²) in [6.45, 7) is 5.97. The van der Waals surface area contributed by atoms with E-state index in [1.165, 1.54) is 13.8 Å². The number of nitrogens with zero attached hydrogens (tertiary/aromatic N) is 3. The standard InChI is InChI=1S/C34H39N3O5/c1-34(2,32(39)40)37-31(38)28-17-9-10-18-29(28)36(33(37)41)22-12-11-21-35-23-19-27(20-24-35)42-30(25-13-5-3-6-14-25)26-15-7-4-8-16-26/h3-10,13-18,27,30H,11-12,19-24H2,1-2H3,(H,39,40). The van der Waals surface area contributed by atoms with Crippen molar-refractivity contribution < 1.29 is 14.6 Å². The van der Waals surface area contributed by atoms with Crippen molar-refractivity contribution in [3.63, 3.8) is 0 Å². The number of carboxylic acids is 1. The van der Waals surface area contributed by atoms with Crippen molar-refractivity contribution in [2.45, 2.75) is 63.8 Å². The molecule has 1 aromatic heterocycles. The number of piperidine rings is 1. The van der Waals surface area contributed by atoms with E-state index in [1.807, 2.05) is 12.1 Å². The Hall–Kier alpha value is -4.01. The number of hydrogen-bond donors (Lipinski definition) is 1. The van der Waals surface area contributed by atoms with E-state index in [9.17, 15) is 19.5 Å². The van der Waals surface area contributed by atoms with Gasteiger partial charge in [0.1, 0.15) is 11.6 Å². The molecule has 0 radical (unpaired) electrons. The van der Waals surface area contributed by atoms with Crippen molar-refractivity contribution in [3.8, 4) is 0 Å². The largest absolute Gasteiger partial charge is 0.480 e. The van der Waals surface area contributed by atoms with Crippen LogP contribution in [0.5, 0.6) is 0 Å². The number of aromatic nitrogens is 2. The summed E-state index contributed by atoms with van der Waals surface area (Å²) in [4.78, 5) is 40.9. The fourth-order valence-corrected chi connectivity index (χ4v) is 5.80. The third kappa shape index (κ3) is 6.25. The zero-order valence-corrected chi connectivity index (χ0v) is 24.3. The predicted octanol–water partition coefficient (Wildman–Crippen LogP) is 5.03. The number of ether oxygens (including phenoxy) is 1. The summed E-state index contributed by atoms with van der Waals surface area (Å²) in [6.07, 6.45) is 3.60. The highest BCUT2D eigenvalue weighted by Crippen LogP contribution is 2.30. The van der Waals surface area contributed by atoms with Gasteiger partial charge in [-0.1, -0.05) is 72.8 Å². The van der Waals surface area contributed by atoms with Gasteiger partial charge in [0, 0.05) is 19.6 Å². The predicted molar refractivity (Wildman–Crippen MR) is 164 cm³/mol. The van der Waals surface area contributed by atoms with Crippen molar-refractivity contribution in [3.05, 3.63) is 117 Å². The average Bonchev–Trinajstić information content (AvgIpc) is 3.01. The van der Waals surface area contributed by atoms with Gasteiger partial charge in [0.15, 0.2) is 0 Å². The molecule has 1 aliphatic heterocycles. The topological polar surface area (TPSA) is 93.8 Å². The van der Waals surface area contributed by atoms with E-state index in [1.54, 1.807) is 28.8 Å². The van der Waals surface area contributed by atoms with Gasteiger partial charge in [0.25, 0.3) is 5.56 Å². The second-order valence-corrected chi connectivity index (χ2v) is 11.5. The average molecular weight is 570 g/mol. The molecule has 4 aromatic rings. The summed E-state index contributed by atoms with van der Waals surface area (Å²) in [7, 11) is 0. The number of rotatable bonds is 11. The van der Waals surface area contributed by atoms with Crippen molar-refractivity contribution in [1.82, 2.24) is 14.0 Å². The molecule has 0 spiro atoms. The maximum atomic E-state index is 13.4. The molecule has 1 saturated heterocycles. The molecule has 1 fully saturated rings. The summed E-state index contributed by atoms with van der Waals surface area (Å²) in [5.74, 6) is -1.23. The van der Waals surface area contributed by atoms with Crippen LogP contribution in [0.2, 0.25) is 0 Å². The Balaban J connectivity index is 1.19. The van der Waals surface area contributed by atoms with Gasteiger partial charge in [0.05, 0.1) is 17.0 Å². The minimum absolute atomic E-state index is 0.0912. The molecule has 3 aromatic carbocycles. The Bertz CT molecular complexity index is 1580. The third-order valence-electron chi connectivity index (χ3n) is 8.31. The lowest BCUT2D eigenvalue weighted by molar-refractivity contribution is -0.146. The number of hydrogen-bond acceptors (Lipinski definition) is 5. The van der Waals surface area contributed by atoms with Gasteiger partial charge in [-0.15, -0.1) is 0 Å². The number of carboxylic acid groups (broad SMARTS) is 1. The van der Waals surface area contributed by atoms with Crippen LogP contribution >= 0.6 is 0 Å². The van der Waals surface area contributed by atoms with Gasteiger partial charge >= 0.3 is 11.7 Å². The van der Waals surface area contributed by atoms with Gasteiger partial charge < -0.3 is 14.7 Å². The molecule has 0 amide bonds. The minimum Gasteiger partial charge on any atom is -0.480 e. The molecular formula is C34H39N3O5. The zero-order valence-electron chi connectivity index (χ0n) is 24.3. The highest BCUT2D eigenvalue weighted by molar-refractivity contribution is 5.80. The first kappa shape index (κ1) is 29.5. The Kier molecular flexibility index (Phi) is 9.04. The maximum Gasteiger partial charge on any atom is 0.332 e. The smallest absolute Gasteiger partial charge is 0.332 e. The lowest BCUT2D eigenvalue weighted by Crippen LogP contribution is -2.52. The number of likely N-dealkylation sites (tertiary alicyclic amines) is 1. The number of aryl methyl sites for hydroxylation is 1. The van der Waals surface area contributed by atoms with Crippen molar-refractivity contribution in [2.75, 3.05) is 19.6 Å². The molecule has 2 heterocycles. The Morgan fingerprint density at radius 1 is 0.857 bits per heavy atom. The summed E-state index contributed by atoms with van der Waals surface area (Å²) in [6, 6.07) is 27.7. The SMILES string of the molecule is CC(C)(C(=O)O)n1c(=O)c2ccccc2n(CCCCN2CCC(OC(c3ccccc3)c3ccccc3)CC2)c1=O. The van der Waals surface area contributed by atoms with Gasteiger partial charge in [0.2, 0.25) is 0 Å². The first-order valence-electron chi connectivity index (χ1n) is 14.7. The van der Waals surface area contributed by atoms with E-state index in [4.69, 9.17) is 4.74 Å². The van der Waals surface area contributed by atoms with E-state index >= 15 is 0 Å². The van der Waals surface area contributed by atoms with E-state index in [0.29, 0.717) is 17.4 Å². The van der Waals surface area contributed by atoms with Crippen LogP contribution < -0.4 is 11.2 Å². The van der Waals surface area contributed by atoms with E-state index in [-0.39, 0.29) is 12.2 Å². The van der Waals surface area contributed by atoms with Gasteiger partial charge in [-0.05, 0) is 69.3 Å². The van der Waals surface area contributed by atoms with Crippen LogP contribution in [-0.4, -0.2) is 50.8 Å². The molecule has 42 heavy (non-hydrogen) atoms. The number of fused-ring (bicyclic) bond motifs is 1. The number of para-hydroxylation sites is 1. The van der Waals surface area contributed by atoms with E-state index in [0.717, 1.165) is 61.0 Å². The van der Waals surface area contributed by atoms with Crippen LogP contribution in [0.15, 0.2) is 94.5 Å². The lowest BCUT2D eigenvalue weighted by atomic mass is 10.00. The molecule has 0 atom stereocenters. The summed E-state index contributed by atoms with van der Waals surface area (Å²) >= 11 is 0. The van der Waals surface area contributed by atoms with E-state index in [2.05, 4.69) is 53.4 Å². The highest BCUT2D eigenvalue weighted by atomic mass is 16.5. The minimum atomic E-state index is -1.66. The monoisotopic (exact) mass is 569 g/mol. The molecule has 0 aliphatic carbocycles. The van der Waals surface area contributed by atoms with Crippen LogP contribution in [-0.2, 0) is 21.6 Å². The van der Waals surface area contributed by atoms with Crippen molar-refractivity contribution in [1.29, 1.82) is 0 Å². The Morgan fingerprint density at radius 2 is 1.40 bits per heavy atom. The number of benzene rings is 3. The quantitative estimate of drug-likeness (QED) is 0.255. The molecule has 0 bridgehead atoms. The normalized spacial score (nSPS) is 14.9. The Morgan fingerprint density at radius 3 is 2.00 bits per heavy atom. The second-order valence-electron chi connectivity index (χ2n) is 11.5. The summed E-state index contributed by atoms with van der Waals surface area (Å²) in [5.41, 5.74) is 0.0293. The second kappa shape index (κ2) is 12.9. The molecule has 0 saturated carbocycles. The van der Waals surface area contributed by atoms with E-state index < -0.39 is 22.8 Å². The summed E-state index contributed by atoms with van der Waals surface area (Å²) < 4.78 is 9.11. The fourth-order valence-electron chi connectivity index (χ4n) is 5.80. The molecule has 1 N–H and O–H groups in total. The zero-order chi connectivity index (χ0) is 29.7. The van der Waals surface area contributed by atoms with Crippen LogP contribution in [0.3, 0.4) is 0 Å². The molecule has 8 heteroatoms. The molecule has 0 unspecified atom stereocenters. The maximum absolute atomic E-state index is 13.4. The lowest BCUT2D eigenvalue weighted by Gasteiger charge is -2.34. The molecule has 8 nitrogen and oxygen atoms in total. The first-order valence-corrected chi connectivity index (χ1v) is 14.7. The van der Waals surface area contributed by atoms with Crippen LogP contribution in [0.25, 0.3) is 10.9 Å². The highest BCUT2D eigenvalue weighted by Gasteiger charge is 2.34. The van der Waals surface area contributed by atoms with Crippen LogP contribution in [0.4, 0.5) is 0 Å². The first-order chi connectivity index (χ1) is 20.3. The third-order valence-corrected chi connectivity index (χ3v) is 8.31. The van der Waals surface area contributed by atoms with Crippen molar-refractivity contribution >= 4 is 16.9 Å². The molecule has 1 aliphatic rings. The van der Waals surface area contributed by atoms with Gasteiger partial charge in [-0.2, -0.15) is 0 Å². The van der Waals surface area contributed by atoms with Crippen LogP contribution in [0, 0.1) is 0 Å². The Labute approximate surface area is 245 Å². The molecule has 220 valence electrons. The number of unbranched alkanes of at least 4 members (excludes halogenated alkanes) is 1. The molecule has 5 rings (SSSR count). The van der Waals surface area contributed by atoms with Crippen LogP contribution in [0.1, 0.15) is 56.8 Å². The summed E-state index contributed by atoms with van der Waals surface area (Å²) in [5, 5.41) is 10.1. The van der Waals surface area contributed by atoms with Crippen molar-refractivity contribution in [2.24, 2.45) is 0 Å². The number of carbonyl (C=O) groups is 1.